The normalized spacial score (nSPS) is 10.4. The number of anilines is 2. The molecular formula is C18H18N3O2. The van der Waals surface area contributed by atoms with E-state index in [9.17, 15) is 0 Å². The number of hydrogen-bond donors (Lipinski definition) is 1. The van der Waals surface area contributed by atoms with Crippen molar-refractivity contribution in [2.24, 2.45) is 0 Å². The molecule has 5 heteroatoms. The molecule has 0 saturated heterocycles. The van der Waals surface area contributed by atoms with Crippen LogP contribution in [0.2, 0.25) is 0 Å². The highest BCUT2D eigenvalue weighted by Crippen LogP contribution is 2.34. The van der Waals surface area contributed by atoms with Crippen LogP contribution in [0.5, 0.6) is 11.5 Å². The zero-order valence-electron chi connectivity index (χ0n) is 13.3. The van der Waals surface area contributed by atoms with Crippen molar-refractivity contribution in [2.45, 2.75) is 6.92 Å². The van der Waals surface area contributed by atoms with Crippen LogP contribution < -0.4 is 14.8 Å². The van der Waals surface area contributed by atoms with Gasteiger partial charge in [-0.15, -0.1) is 0 Å². The van der Waals surface area contributed by atoms with E-state index in [0.717, 1.165) is 28.5 Å². The molecule has 0 fully saturated rings. The van der Waals surface area contributed by atoms with Gasteiger partial charge in [-0.05, 0) is 19.1 Å². The number of rotatable bonds is 5. The number of benzene rings is 2. The Balaban J connectivity index is 1.91. The van der Waals surface area contributed by atoms with E-state index in [1.54, 1.807) is 14.2 Å². The Morgan fingerprint density at radius 2 is 1.87 bits per heavy atom. The maximum Gasteiger partial charge on any atom is 0.152 e. The SMILES string of the molecule is COc1[c]c(C)c(OC)c(Nc2ccn(-c3ccccc3)n2)c1. The molecular weight excluding hydrogens is 290 g/mol. The molecule has 1 radical (unpaired) electrons. The highest BCUT2D eigenvalue weighted by atomic mass is 16.5. The zero-order chi connectivity index (χ0) is 16.2. The maximum absolute atomic E-state index is 5.46. The van der Waals surface area contributed by atoms with Crippen LogP contribution in [-0.2, 0) is 0 Å². The Bertz CT molecular complexity index is 797. The van der Waals surface area contributed by atoms with Crippen molar-refractivity contribution in [1.29, 1.82) is 0 Å². The number of aryl methyl sites for hydroxylation is 1. The average molecular weight is 308 g/mol. The van der Waals surface area contributed by atoms with Gasteiger partial charge in [0.15, 0.2) is 5.82 Å². The molecule has 0 aliphatic heterocycles. The molecule has 1 aromatic heterocycles. The van der Waals surface area contributed by atoms with E-state index in [2.05, 4.69) is 16.5 Å². The molecule has 3 rings (SSSR count). The van der Waals surface area contributed by atoms with E-state index in [-0.39, 0.29) is 0 Å². The fourth-order valence-electron chi connectivity index (χ4n) is 2.40. The Kier molecular flexibility index (Phi) is 4.19. The van der Waals surface area contributed by atoms with Gasteiger partial charge in [0.25, 0.3) is 0 Å². The number of hydrogen-bond acceptors (Lipinski definition) is 4. The van der Waals surface area contributed by atoms with Crippen LogP contribution in [0.4, 0.5) is 11.5 Å². The number of nitrogens with zero attached hydrogens (tertiary/aromatic N) is 2. The second kappa shape index (κ2) is 6.44. The molecule has 0 saturated carbocycles. The second-order valence-electron chi connectivity index (χ2n) is 5.02. The molecule has 117 valence electrons. The molecule has 0 spiro atoms. The lowest BCUT2D eigenvalue weighted by Gasteiger charge is -2.13. The predicted octanol–water partition coefficient (Wildman–Crippen LogP) is 3.74. The van der Waals surface area contributed by atoms with Crippen LogP contribution in [0.3, 0.4) is 0 Å². The number of ether oxygens (including phenoxy) is 2. The van der Waals surface area contributed by atoms with Crippen molar-refractivity contribution in [3.8, 4) is 17.2 Å². The van der Waals surface area contributed by atoms with Crippen LogP contribution in [0.1, 0.15) is 5.56 Å². The van der Waals surface area contributed by atoms with E-state index in [0.29, 0.717) is 5.75 Å². The van der Waals surface area contributed by atoms with E-state index in [1.165, 1.54) is 0 Å². The van der Waals surface area contributed by atoms with Crippen molar-refractivity contribution >= 4 is 11.5 Å². The fourth-order valence-corrected chi connectivity index (χ4v) is 2.40. The van der Waals surface area contributed by atoms with E-state index >= 15 is 0 Å². The van der Waals surface area contributed by atoms with Gasteiger partial charge >= 0.3 is 0 Å². The van der Waals surface area contributed by atoms with Crippen LogP contribution in [0.25, 0.3) is 5.69 Å². The molecule has 0 aliphatic carbocycles. The zero-order valence-corrected chi connectivity index (χ0v) is 13.3. The van der Waals surface area contributed by atoms with Gasteiger partial charge in [0.1, 0.15) is 11.5 Å². The van der Waals surface area contributed by atoms with Gasteiger partial charge in [-0.3, -0.25) is 0 Å². The molecule has 0 bridgehead atoms. The average Bonchev–Trinajstić information content (AvgIpc) is 3.04. The molecule has 0 atom stereocenters. The number of nitrogens with one attached hydrogen (secondary N) is 1. The van der Waals surface area contributed by atoms with Crippen molar-refractivity contribution in [3.63, 3.8) is 0 Å². The van der Waals surface area contributed by atoms with Gasteiger partial charge in [-0.2, -0.15) is 5.10 Å². The lowest BCUT2D eigenvalue weighted by molar-refractivity contribution is 0.401. The summed E-state index contributed by atoms with van der Waals surface area (Å²) in [6.07, 6.45) is 1.91. The Morgan fingerprint density at radius 3 is 2.57 bits per heavy atom. The lowest BCUT2D eigenvalue weighted by Crippen LogP contribution is -2.00. The van der Waals surface area contributed by atoms with Crippen molar-refractivity contribution < 1.29 is 9.47 Å². The van der Waals surface area contributed by atoms with Crippen LogP contribution in [0, 0.1) is 13.0 Å². The lowest BCUT2D eigenvalue weighted by atomic mass is 10.1. The van der Waals surface area contributed by atoms with Gasteiger partial charge in [0, 0.05) is 30.0 Å². The first-order valence-corrected chi connectivity index (χ1v) is 7.24. The smallest absolute Gasteiger partial charge is 0.152 e. The highest BCUT2D eigenvalue weighted by Gasteiger charge is 2.11. The predicted molar refractivity (Wildman–Crippen MR) is 90.0 cm³/mol. The first-order chi connectivity index (χ1) is 11.2. The van der Waals surface area contributed by atoms with Gasteiger partial charge in [0.05, 0.1) is 25.6 Å². The Hall–Kier alpha value is -2.95. The third-order valence-corrected chi connectivity index (χ3v) is 3.47. The summed E-state index contributed by atoms with van der Waals surface area (Å²) in [6.45, 7) is 1.93. The largest absolute Gasteiger partial charge is 0.496 e. The van der Waals surface area contributed by atoms with E-state index in [4.69, 9.17) is 9.47 Å². The first-order valence-electron chi connectivity index (χ1n) is 7.24. The summed E-state index contributed by atoms with van der Waals surface area (Å²) in [6, 6.07) is 16.8. The van der Waals surface area contributed by atoms with Crippen molar-refractivity contribution in [1.82, 2.24) is 9.78 Å². The van der Waals surface area contributed by atoms with E-state index in [1.807, 2.05) is 60.3 Å². The summed E-state index contributed by atoms with van der Waals surface area (Å²) in [5, 5.41) is 7.81. The molecule has 1 heterocycles. The first kappa shape index (κ1) is 15.0. The Labute approximate surface area is 135 Å². The third-order valence-electron chi connectivity index (χ3n) is 3.47. The summed E-state index contributed by atoms with van der Waals surface area (Å²) in [5.41, 5.74) is 2.67. The standard InChI is InChI=1S/C18H18N3O2/c1-13-11-15(22-2)12-16(18(13)23-3)19-17-9-10-21(20-17)14-7-5-4-6-8-14/h4-10,12H,1-3H3,(H,19,20). The number of aromatic nitrogens is 2. The molecule has 5 nitrogen and oxygen atoms in total. The molecule has 1 N–H and O–H groups in total. The molecule has 0 aliphatic rings. The number of methoxy groups -OCH3 is 2. The summed E-state index contributed by atoms with van der Waals surface area (Å²) >= 11 is 0. The number of para-hydroxylation sites is 1. The highest BCUT2D eigenvalue weighted by molar-refractivity contribution is 5.68. The molecule has 3 aromatic rings. The topological polar surface area (TPSA) is 48.3 Å². The van der Waals surface area contributed by atoms with Crippen LogP contribution in [0.15, 0.2) is 48.7 Å². The quantitative estimate of drug-likeness (QED) is 0.780. The Morgan fingerprint density at radius 1 is 1.09 bits per heavy atom. The summed E-state index contributed by atoms with van der Waals surface area (Å²) in [5.74, 6) is 2.09. The minimum Gasteiger partial charge on any atom is -0.496 e. The van der Waals surface area contributed by atoms with Gasteiger partial charge in [-0.25, -0.2) is 4.68 Å². The summed E-state index contributed by atoms with van der Waals surface area (Å²) in [4.78, 5) is 0. The van der Waals surface area contributed by atoms with Gasteiger partial charge in [0.2, 0.25) is 0 Å². The summed E-state index contributed by atoms with van der Waals surface area (Å²) in [7, 11) is 3.25. The van der Waals surface area contributed by atoms with Crippen molar-refractivity contribution in [2.75, 3.05) is 19.5 Å². The maximum atomic E-state index is 5.46. The van der Waals surface area contributed by atoms with Crippen molar-refractivity contribution in [3.05, 3.63) is 60.3 Å². The second-order valence-corrected chi connectivity index (χ2v) is 5.02. The molecule has 0 unspecified atom stereocenters. The minimum absolute atomic E-state index is 0.647. The summed E-state index contributed by atoms with van der Waals surface area (Å²) < 4.78 is 12.5. The van der Waals surface area contributed by atoms with Crippen LogP contribution >= 0.6 is 0 Å². The van der Waals surface area contributed by atoms with Gasteiger partial charge < -0.3 is 14.8 Å². The van der Waals surface area contributed by atoms with Crippen LogP contribution in [-0.4, -0.2) is 24.0 Å². The molecule has 2 aromatic carbocycles. The molecule has 0 amide bonds. The third kappa shape index (κ3) is 3.13. The fraction of sp³-hybridized carbons (Fsp3) is 0.167. The minimum atomic E-state index is 0.647. The van der Waals surface area contributed by atoms with E-state index < -0.39 is 0 Å². The monoisotopic (exact) mass is 308 g/mol. The van der Waals surface area contributed by atoms with Gasteiger partial charge in [-0.1, -0.05) is 18.2 Å². The molecule has 23 heavy (non-hydrogen) atoms.